The molecule has 0 spiro atoms. The van der Waals surface area contributed by atoms with Gasteiger partial charge in [0.15, 0.2) is 5.78 Å². The molecule has 0 fully saturated rings. The number of rotatable bonds is 4. The van der Waals surface area contributed by atoms with Crippen LogP contribution in [0.4, 0.5) is 0 Å². The topological polar surface area (TPSA) is 83.5 Å². The Kier molecular flexibility index (Phi) is 3.94. The van der Waals surface area contributed by atoms with Crippen LogP contribution in [0.1, 0.15) is 12.5 Å². The van der Waals surface area contributed by atoms with Gasteiger partial charge in [-0.25, -0.2) is 14.6 Å². The summed E-state index contributed by atoms with van der Waals surface area (Å²) in [5.74, 6) is -0.905. The third kappa shape index (κ3) is 3.08. The lowest BCUT2D eigenvalue weighted by Crippen LogP contribution is -2.29. The van der Waals surface area contributed by atoms with E-state index in [1.54, 1.807) is 0 Å². The van der Waals surface area contributed by atoms with E-state index in [1.165, 1.54) is 0 Å². The van der Waals surface area contributed by atoms with Gasteiger partial charge in [-0.2, -0.15) is 0 Å². The first kappa shape index (κ1) is 12.3. The van der Waals surface area contributed by atoms with E-state index in [1.807, 2.05) is 30.3 Å². The molecule has 0 amide bonds. The number of nitrogens with two attached hydrogens (primary N) is 1. The molecule has 1 unspecified atom stereocenters. The van der Waals surface area contributed by atoms with Crippen LogP contribution in [0.15, 0.2) is 30.3 Å². The van der Waals surface area contributed by atoms with E-state index in [-0.39, 0.29) is 0 Å². The SMILES string of the molecule is CC(=O)[P+](O)(O)C(N)Cc1ccccc1. The third-order valence-electron chi connectivity index (χ3n) is 2.21. The molecule has 1 aromatic carbocycles. The maximum absolute atomic E-state index is 11.0. The first-order valence-electron chi connectivity index (χ1n) is 4.59. The van der Waals surface area contributed by atoms with Crippen molar-refractivity contribution in [3.05, 3.63) is 35.9 Å². The maximum Gasteiger partial charge on any atom is 0.354 e. The summed E-state index contributed by atoms with van der Waals surface area (Å²) >= 11 is 0. The van der Waals surface area contributed by atoms with E-state index >= 15 is 0 Å². The molecular formula is C10H15NO3P+. The number of hydrogen-bond donors (Lipinski definition) is 3. The Morgan fingerprint density at radius 1 is 1.40 bits per heavy atom. The van der Waals surface area contributed by atoms with Crippen LogP contribution in [-0.4, -0.2) is 21.1 Å². The summed E-state index contributed by atoms with van der Waals surface area (Å²) in [6.45, 7) is 1.15. The van der Waals surface area contributed by atoms with Crippen LogP contribution in [-0.2, 0) is 11.2 Å². The monoisotopic (exact) mass is 228 g/mol. The van der Waals surface area contributed by atoms with Gasteiger partial charge in [-0.15, -0.1) is 0 Å². The van der Waals surface area contributed by atoms with Crippen molar-refractivity contribution in [2.75, 3.05) is 0 Å². The lowest BCUT2D eigenvalue weighted by molar-refractivity contribution is -0.111. The van der Waals surface area contributed by atoms with E-state index < -0.39 is 19.0 Å². The van der Waals surface area contributed by atoms with E-state index in [2.05, 4.69) is 0 Å². The van der Waals surface area contributed by atoms with Gasteiger partial charge in [-0.1, -0.05) is 30.3 Å². The van der Waals surface area contributed by atoms with Gasteiger partial charge in [0, 0.05) is 13.3 Å². The molecular weight excluding hydrogens is 213 g/mol. The predicted octanol–water partition coefficient (Wildman–Crippen LogP) is 0.893. The minimum absolute atomic E-state index is 0.293. The average molecular weight is 228 g/mol. The van der Waals surface area contributed by atoms with Crippen LogP contribution in [0, 0.1) is 0 Å². The number of hydrogen-bond acceptors (Lipinski definition) is 4. The van der Waals surface area contributed by atoms with E-state index in [9.17, 15) is 14.6 Å². The van der Waals surface area contributed by atoms with Gasteiger partial charge < -0.3 is 0 Å². The summed E-state index contributed by atoms with van der Waals surface area (Å²) in [4.78, 5) is 30.0. The van der Waals surface area contributed by atoms with Gasteiger partial charge in [0.05, 0.1) is 0 Å². The van der Waals surface area contributed by atoms with Crippen LogP contribution in [0.3, 0.4) is 0 Å². The van der Waals surface area contributed by atoms with E-state index in [0.717, 1.165) is 12.5 Å². The summed E-state index contributed by atoms with van der Waals surface area (Å²) < 4.78 is 0. The van der Waals surface area contributed by atoms with Gasteiger partial charge in [-0.05, 0) is 5.56 Å². The minimum Gasteiger partial charge on any atom is -0.291 e. The molecule has 0 saturated carbocycles. The highest BCUT2D eigenvalue weighted by Gasteiger charge is 2.47. The normalized spacial score (nSPS) is 13.6. The summed E-state index contributed by atoms with van der Waals surface area (Å²) in [7, 11) is -3.63. The Labute approximate surface area is 89.2 Å². The zero-order chi connectivity index (χ0) is 11.5. The zero-order valence-electron chi connectivity index (χ0n) is 8.50. The fourth-order valence-corrected chi connectivity index (χ4v) is 2.15. The van der Waals surface area contributed by atoms with Crippen molar-refractivity contribution in [1.29, 1.82) is 0 Å². The van der Waals surface area contributed by atoms with Crippen LogP contribution in [0.5, 0.6) is 0 Å². The van der Waals surface area contributed by atoms with Crippen LogP contribution in [0.2, 0.25) is 0 Å². The van der Waals surface area contributed by atoms with Crippen LogP contribution in [0.25, 0.3) is 0 Å². The summed E-state index contributed by atoms with van der Waals surface area (Å²) in [5.41, 5.74) is 5.87. The quantitative estimate of drug-likeness (QED) is 0.668. The summed E-state index contributed by atoms with van der Waals surface area (Å²) in [6.07, 6.45) is 0.293. The van der Waals surface area contributed by atoms with Gasteiger partial charge in [0.2, 0.25) is 0 Å². The van der Waals surface area contributed by atoms with Crippen molar-refractivity contribution < 1.29 is 14.6 Å². The fraction of sp³-hybridized carbons (Fsp3) is 0.300. The van der Waals surface area contributed by atoms with Crippen molar-refractivity contribution in [3.63, 3.8) is 0 Å². The number of carbonyl (C=O) groups is 1. The Bertz CT molecular complexity index is 340. The molecule has 0 aliphatic heterocycles. The highest BCUT2D eigenvalue weighted by atomic mass is 31.2. The largest absolute Gasteiger partial charge is 0.354 e. The first-order chi connectivity index (χ1) is 6.94. The zero-order valence-corrected chi connectivity index (χ0v) is 9.39. The molecule has 4 nitrogen and oxygen atoms in total. The van der Waals surface area contributed by atoms with E-state index in [4.69, 9.17) is 5.73 Å². The van der Waals surface area contributed by atoms with Crippen molar-refractivity contribution in [2.45, 2.75) is 19.1 Å². The molecule has 5 heteroatoms. The second-order valence-corrected chi connectivity index (χ2v) is 6.02. The third-order valence-corrected chi connectivity index (χ3v) is 4.25. The second-order valence-electron chi connectivity index (χ2n) is 3.43. The van der Waals surface area contributed by atoms with Gasteiger partial charge >= 0.3 is 13.2 Å². The molecule has 0 radical (unpaired) electrons. The molecule has 0 heterocycles. The van der Waals surface area contributed by atoms with Gasteiger partial charge in [-0.3, -0.25) is 5.73 Å². The maximum atomic E-state index is 11.0. The second kappa shape index (κ2) is 4.81. The molecule has 0 aliphatic rings. The fourth-order valence-electron chi connectivity index (χ4n) is 1.22. The molecule has 82 valence electrons. The molecule has 1 atom stereocenters. The molecule has 1 rings (SSSR count). The molecule has 1 aromatic rings. The molecule has 0 aliphatic carbocycles. The highest BCUT2D eigenvalue weighted by molar-refractivity contribution is 7.81. The number of carbonyl (C=O) groups excluding carboxylic acids is 1. The first-order valence-corrected chi connectivity index (χ1v) is 6.36. The predicted molar refractivity (Wildman–Crippen MR) is 60.2 cm³/mol. The number of benzene rings is 1. The van der Waals surface area contributed by atoms with E-state index in [0.29, 0.717) is 6.42 Å². The highest BCUT2D eigenvalue weighted by Crippen LogP contribution is 2.54. The lowest BCUT2D eigenvalue weighted by atomic mass is 10.1. The van der Waals surface area contributed by atoms with Crippen molar-refractivity contribution in [1.82, 2.24) is 0 Å². The Morgan fingerprint density at radius 3 is 2.40 bits per heavy atom. The van der Waals surface area contributed by atoms with Crippen LogP contribution >= 0.6 is 7.72 Å². The van der Waals surface area contributed by atoms with Crippen molar-refractivity contribution in [2.24, 2.45) is 5.73 Å². The Balaban J connectivity index is 2.72. The summed E-state index contributed by atoms with van der Waals surface area (Å²) in [6, 6.07) is 9.20. The molecule has 15 heavy (non-hydrogen) atoms. The van der Waals surface area contributed by atoms with Crippen molar-refractivity contribution in [3.8, 4) is 0 Å². The lowest BCUT2D eigenvalue weighted by Gasteiger charge is -2.15. The smallest absolute Gasteiger partial charge is 0.291 e. The Morgan fingerprint density at radius 2 is 1.93 bits per heavy atom. The standard InChI is InChI=1S/C10H15NO3P/c1-8(12)15(13,14)10(11)7-9-5-3-2-4-6-9/h2-6,10,13-14H,7,11H2,1H3/q+1. The Hall–Kier alpha value is -0.800. The molecule has 0 saturated heterocycles. The minimum atomic E-state index is -3.63. The molecule has 0 bridgehead atoms. The van der Waals surface area contributed by atoms with Gasteiger partial charge in [0.1, 0.15) is 0 Å². The molecule has 0 aromatic heterocycles. The van der Waals surface area contributed by atoms with Crippen molar-refractivity contribution >= 4 is 13.2 Å². The van der Waals surface area contributed by atoms with Gasteiger partial charge in [0.25, 0.3) is 0 Å². The average Bonchev–Trinajstić information content (AvgIpc) is 2.18. The summed E-state index contributed by atoms with van der Waals surface area (Å²) in [5, 5.41) is 0. The molecule has 4 N–H and O–H groups in total. The van der Waals surface area contributed by atoms with Crippen LogP contribution < -0.4 is 5.73 Å².